The average Bonchev–Trinajstić information content (AvgIpc) is 3.05. The first-order chi connectivity index (χ1) is 8.75. The van der Waals surface area contributed by atoms with Crippen LogP contribution in [0.3, 0.4) is 0 Å². The molecule has 2 nitrogen and oxygen atoms in total. The van der Waals surface area contributed by atoms with Gasteiger partial charge in [-0.1, -0.05) is 26.7 Å². The molecule has 2 saturated carbocycles. The summed E-state index contributed by atoms with van der Waals surface area (Å²) >= 11 is 0. The standard InChI is InChI=1S/C16H32N2/c1-14(2)10-13-18(16-8-9-16)12-5-11-17-15-6-3-4-7-15/h14-17H,3-13H2,1-2H3. The fourth-order valence-electron chi connectivity index (χ4n) is 3.06. The van der Waals surface area contributed by atoms with Gasteiger partial charge in [-0.25, -0.2) is 0 Å². The lowest BCUT2D eigenvalue weighted by Crippen LogP contribution is -2.33. The molecule has 2 heteroatoms. The van der Waals surface area contributed by atoms with Crippen molar-refractivity contribution in [2.75, 3.05) is 19.6 Å². The number of hydrogen-bond acceptors (Lipinski definition) is 2. The van der Waals surface area contributed by atoms with E-state index in [9.17, 15) is 0 Å². The van der Waals surface area contributed by atoms with Gasteiger partial charge < -0.3 is 10.2 Å². The molecule has 0 aliphatic heterocycles. The van der Waals surface area contributed by atoms with Crippen LogP contribution in [0.2, 0.25) is 0 Å². The fourth-order valence-corrected chi connectivity index (χ4v) is 3.06. The van der Waals surface area contributed by atoms with Crippen molar-refractivity contribution in [1.82, 2.24) is 10.2 Å². The van der Waals surface area contributed by atoms with Crippen LogP contribution < -0.4 is 5.32 Å². The van der Waals surface area contributed by atoms with Gasteiger partial charge in [0.1, 0.15) is 0 Å². The second-order valence-electron chi connectivity index (χ2n) is 6.74. The van der Waals surface area contributed by atoms with Crippen molar-refractivity contribution < 1.29 is 0 Å². The molecule has 0 aromatic carbocycles. The summed E-state index contributed by atoms with van der Waals surface area (Å²) in [5.74, 6) is 0.850. The number of hydrogen-bond donors (Lipinski definition) is 1. The predicted octanol–water partition coefficient (Wildman–Crippen LogP) is 3.42. The highest BCUT2D eigenvalue weighted by atomic mass is 15.2. The third-order valence-corrected chi connectivity index (χ3v) is 4.47. The molecule has 2 aliphatic carbocycles. The lowest BCUT2D eigenvalue weighted by Gasteiger charge is -2.23. The van der Waals surface area contributed by atoms with Gasteiger partial charge in [0.05, 0.1) is 0 Å². The Hall–Kier alpha value is -0.0800. The largest absolute Gasteiger partial charge is 0.314 e. The van der Waals surface area contributed by atoms with Crippen LogP contribution in [0.15, 0.2) is 0 Å². The maximum absolute atomic E-state index is 3.73. The van der Waals surface area contributed by atoms with Crippen LogP contribution in [-0.2, 0) is 0 Å². The Morgan fingerprint density at radius 2 is 1.78 bits per heavy atom. The van der Waals surface area contributed by atoms with Crippen LogP contribution in [-0.4, -0.2) is 36.6 Å². The zero-order valence-corrected chi connectivity index (χ0v) is 12.5. The fraction of sp³-hybridized carbons (Fsp3) is 1.00. The first-order valence-electron chi connectivity index (χ1n) is 8.23. The van der Waals surface area contributed by atoms with E-state index in [-0.39, 0.29) is 0 Å². The van der Waals surface area contributed by atoms with Crippen molar-refractivity contribution in [3.05, 3.63) is 0 Å². The monoisotopic (exact) mass is 252 g/mol. The molecular weight excluding hydrogens is 220 g/mol. The van der Waals surface area contributed by atoms with E-state index < -0.39 is 0 Å². The molecule has 0 aromatic heterocycles. The molecule has 18 heavy (non-hydrogen) atoms. The molecule has 0 unspecified atom stereocenters. The molecule has 0 atom stereocenters. The van der Waals surface area contributed by atoms with Crippen molar-refractivity contribution >= 4 is 0 Å². The van der Waals surface area contributed by atoms with Crippen molar-refractivity contribution in [3.8, 4) is 0 Å². The van der Waals surface area contributed by atoms with Crippen molar-refractivity contribution in [3.63, 3.8) is 0 Å². The van der Waals surface area contributed by atoms with Crippen LogP contribution in [0, 0.1) is 5.92 Å². The third-order valence-electron chi connectivity index (χ3n) is 4.47. The maximum Gasteiger partial charge on any atom is 0.00964 e. The van der Waals surface area contributed by atoms with E-state index in [4.69, 9.17) is 0 Å². The van der Waals surface area contributed by atoms with Gasteiger partial charge in [0.2, 0.25) is 0 Å². The maximum atomic E-state index is 3.73. The molecule has 0 spiro atoms. The van der Waals surface area contributed by atoms with Crippen LogP contribution in [0.4, 0.5) is 0 Å². The molecule has 106 valence electrons. The van der Waals surface area contributed by atoms with E-state index in [1.165, 1.54) is 71.0 Å². The molecule has 0 aromatic rings. The number of nitrogens with one attached hydrogen (secondary N) is 1. The third kappa shape index (κ3) is 5.27. The van der Waals surface area contributed by atoms with Gasteiger partial charge in [-0.2, -0.15) is 0 Å². The van der Waals surface area contributed by atoms with Crippen molar-refractivity contribution in [2.24, 2.45) is 5.92 Å². The summed E-state index contributed by atoms with van der Waals surface area (Å²) in [5, 5.41) is 3.73. The number of rotatable bonds is 9. The minimum atomic E-state index is 0.843. The Morgan fingerprint density at radius 3 is 2.39 bits per heavy atom. The Labute approximate surface area is 114 Å². The summed E-state index contributed by atoms with van der Waals surface area (Å²) in [5.41, 5.74) is 0. The summed E-state index contributed by atoms with van der Waals surface area (Å²) in [6.07, 6.45) is 11.3. The van der Waals surface area contributed by atoms with Gasteiger partial charge in [-0.3, -0.25) is 0 Å². The van der Waals surface area contributed by atoms with Crippen molar-refractivity contribution in [1.29, 1.82) is 0 Å². The summed E-state index contributed by atoms with van der Waals surface area (Å²) < 4.78 is 0. The molecule has 2 aliphatic rings. The van der Waals surface area contributed by atoms with Gasteiger partial charge in [0.15, 0.2) is 0 Å². The van der Waals surface area contributed by atoms with Crippen LogP contribution in [0.1, 0.15) is 65.2 Å². The molecule has 0 amide bonds. The highest BCUT2D eigenvalue weighted by molar-refractivity contribution is 4.84. The van der Waals surface area contributed by atoms with Gasteiger partial charge in [0.25, 0.3) is 0 Å². The molecule has 2 fully saturated rings. The Bertz CT molecular complexity index is 217. The smallest absolute Gasteiger partial charge is 0.00964 e. The molecule has 2 rings (SSSR count). The van der Waals surface area contributed by atoms with Crippen LogP contribution in [0.25, 0.3) is 0 Å². The number of nitrogens with zero attached hydrogens (tertiary/aromatic N) is 1. The average molecular weight is 252 g/mol. The summed E-state index contributed by atoms with van der Waals surface area (Å²) in [4.78, 5) is 2.75. The van der Waals surface area contributed by atoms with E-state index in [0.717, 1.165) is 18.0 Å². The summed E-state index contributed by atoms with van der Waals surface area (Å²) in [7, 11) is 0. The van der Waals surface area contributed by atoms with Crippen LogP contribution in [0.5, 0.6) is 0 Å². The van der Waals surface area contributed by atoms with Crippen molar-refractivity contribution in [2.45, 2.75) is 77.3 Å². The highest BCUT2D eigenvalue weighted by Gasteiger charge is 2.28. The minimum Gasteiger partial charge on any atom is -0.314 e. The second-order valence-corrected chi connectivity index (χ2v) is 6.74. The molecule has 0 radical (unpaired) electrons. The van der Waals surface area contributed by atoms with E-state index in [0.29, 0.717) is 0 Å². The van der Waals surface area contributed by atoms with E-state index >= 15 is 0 Å². The zero-order valence-electron chi connectivity index (χ0n) is 12.5. The molecule has 0 saturated heterocycles. The Balaban J connectivity index is 1.54. The second kappa shape index (κ2) is 7.49. The van der Waals surface area contributed by atoms with Gasteiger partial charge in [0, 0.05) is 12.1 Å². The topological polar surface area (TPSA) is 15.3 Å². The SMILES string of the molecule is CC(C)CCN(CCCNC1CCCC1)C1CC1. The van der Waals surface area contributed by atoms with Crippen LogP contribution >= 0.6 is 0 Å². The lowest BCUT2D eigenvalue weighted by molar-refractivity contribution is 0.243. The lowest BCUT2D eigenvalue weighted by atomic mass is 10.1. The summed E-state index contributed by atoms with van der Waals surface area (Å²) in [6.45, 7) is 8.55. The van der Waals surface area contributed by atoms with Gasteiger partial charge >= 0.3 is 0 Å². The van der Waals surface area contributed by atoms with Gasteiger partial charge in [-0.15, -0.1) is 0 Å². The molecular formula is C16H32N2. The molecule has 0 heterocycles. The predicted molar refractivity (Wildman–Crippen MR) is 78.9 cm³/mol. The Kier molecular flexibility index (Phi) is 5.97. The van der Waals surface area contributed by atoms with E-state index in [2.05, 4.69) is 24.1 Å². The summed E-state index contributed by atoms with van der Waals surface area (Å²) in [6, 6.07) is 1.78. The Morgan fingerprint density at radius 1 is 1.06 bits per heavy atom. The first kappa shape index (κ1) is 14.3. The highest BCUT2D eigenvalue weighted by Crippen LogP contribution is 2.27. The minimum absolute atomic E-state index is 0.843. The van der Waals surface area contributed by atoms with Gasteiger partial charge in [-0.05, 0) is 64.1 Å². The zero-order chi connectivity index (χ0) is 12.8. The van der Waals surface area contributed by atoms with E-state index in [1.54, 1.807) is 0 Å². The first-order valence-corrected chi connectivity index (χ1v) is 8.23. The quantitative estimate of drug-likeness (QED) is 0.633. The molecule has 1 N–H and O–H groups in total. The van der Waals surface area contributed by atoms with E-state index in [1.807, 2.05) is 0 Å². The normalized spacial score (nSPS) is 21.3. The molecule has 0 bridgehead atoms.